The summed E-state index contributed by atoms with van der Waals surface area (Å²) in [6.07, 6.45) is 9.24. The van der Waals surface area contributed by atoms with E-state index in [1.807, 2.05) is 0 Å². The zero-order chi connectivity index (χ0) is 14.5. The van der Waals surface area contributed by atoms with E-state index in [1.54, 1.807) is 0 Å². The van der Waals surface area contributed by atoms with Gasteiger partial charge in [0.1, 0.15) is 5.78 Å². The first-order chi connectivity index (χ1) is 10.3. The summed E-state index contributed by atoms with van der Waals surface area (Å²) < 4.78 is 0. The topological polar surface area (TPSA) is 17.1 Å². The molecule has 0 radical (unpaired) electrons. The van der Waals surface area contributed by atoms with E-state index in [1.165, 1.54) is 48.4 Å². The number of Topliss-reactive ketones (excluding diaryl/α,β-unsaturated/α-hetero) is 1. The van der Waals surface area contributed by atoms with E-state index in [9.17, 15) is 4.79 Å². The van der Waals surface area contributed by atoms with Gasteiger partial charge in [-0.25, -0.2) is 0 Å². The van der Waals surface area contributed by atoms with Crippen molar-refractivity contribution in [1.82, 2.24) is 0 Å². The second kappa shape index (κ2) is 6.89. The molecule has 21 heavy (non-hydrogen) atoms. The third-order valence-corrected chi connectivity index (χ3v) is 4.75. The Kier molecular flexibility index (Phi) is 4.69. The molecule has 0 aromatic heterocycles. The van der Waals surface area contributed by atoms with Crippen LogP contribution >= 0.6 is 0 Å². The van der Waals surface area contributed by atoms with Crippen LogP contribution in [0.3, 0.4) is 0 Å². The standard InChI is InChI=1S/C20H24O/c21-20(18-9-4-2-1-3-5-10-18)15-16-12-13-17-8-6-7-11-19(17)14-16/h6-8,11-14,18H,1-5,9-10,15H2. The van der Waals surface area contributed by atoms with Gasteiger partial charge in [0.25, 0.3) is 0 Å². The molecule has 1 saturated carbocycles. The molecular weight excluding hydrogens is 256 g/mol. The molecule has 0 N–H and O–H groups in total. The van der Waals surface area contributed by atoms with Gasteiger partial charge < -0.3 is 0 Å². The molecule has 0 unspecified atom stereocenters. The highest BCUT2D eigenvalue weighted by Gasteiger charge is 2.19. The normalized spacial score (nSPS) is 17.3. The molecule has 0 spiro atoms. The van der Waals surface area contributed by atoms with E-state index in [2.05, 4.69) is 42.5 Å². The van der Waals surface area contributed by atoms with E-state index in [4.69, 9.17) is 0 Å². The third-order valence-electron chi connectivity index (χ3n) is 4.75. The number of ketones is 1. The zero-order valence-corrected chi connectivity index (χ0v) is 12.7. The van der Waals surface area contributed by atoms with Crippen molar-refractivity contribution in [2.45, 2.75) is 51.4 Å². The molecule has 1 heteroatoms. The van der Waals surface area contributed by atoms with Crippen molar-refractivity contribution in [3.05, 3.63) is 48.0 Å². The molecule has 0 atom stereocenters. The summed E-state index contributed by atoms with van der Waals surface area (Å²) in [5.74, 6) is 0.754. The number of carbonyl (C=O) groups excluding carboxylic acids is 1. The lowest BCUT2D eigenvalue weighted by Crippen LogP contribution is -2.18. The fraction of sp³-hybridized carbons (Fsp3) is 0.450. The Morgan fingerprint density at radius 2 is 1.52 bits per heavy atom. The van der Waals surface area contributed by atoms with E-state index < -0.39 is 0 Å². The molecule has 3 rings (SSSR count). The van der Waals surface area contributed by atoms with Crippen LogP contribution in [0.1, 0.15) is 50.5 Å². The predicted octanol–water partition coefficient (Wildman–Crippen LogP) is 5.31. The second-order valence-electron chi connectivity index (χ2n) is 6.37. The summed E-state index contributed by atoms with van der Waals surface area (Å²) in [4.78, 5) is 12.6. The van der Waals surface area contributed by atoms with Gasteiger partial charge in [-0.3, -0.25) is 4.79 Å². The van der Waals surface area contributed by atoms with Crippen LogP contribution in [0, 0.1) is 5.92 Å². The first-order valence-corrected chi connectivity index (χ1v) is 8.33. The number of hydrogen-bond acceptors (Lipinski definition) is 1. The first-order valence-electron chi connectivity index (χ1n) is 8.33. The van der Waals surface area contributed by atoms with Crippen LogP contribution in [-0.4, -0.2) is 5.78 Å². The minimum atomic E-state index is 0.303. The van der Waals surface area contributed by atoms with Gasteiger partial charge in [-0.2, -0.15) is 0 Å². The number of fused-ring (bicyclic) bond motifs is 1. The van der Waals surface area contributed by atoms with Crippen molar-refractivity contribution < 1.29 is 4.79 Å². The lowest BCUT2D eigenvalue weighted by molar-refractivity contribution is -0.122. The average molecular weight is 280 g/mol. The van der Waals surface area contributed by atoms with Crippen LogP contribution in [0.25, 0.3) is 10.8 Å². The van der Waals surface area contributed by atoms with Crippen LogP contribution in [-0.2, 0) is 11.2 Å². The molecule has 2 aromatic carbocycles. The summed E-state index contributed by atoms with van der Waals surface area (Å²) >= 11 is 0. The summed E-state index contributed by atoms with van der Waals surface area (Å²) in [5.41, 5.74) is 1.17. The van der Waals surface area contributed by atoms with Gasteiger partial charge in [0.2, 0.25) is 0 Å². The second-order valence-corrected chi connectivity index (χ2v) is 6.37. The van der Waals surface area contributed by atoms with Crippen LogP contribution in [0.2, 0.25) is 0 Å². The number of hydrogen-bond donors (Lipinski definition) is 0. The molecule has 0 amide bonds. The number of rotatable bonds is 3. The minimum Gasteiger partial charge on any atom is -0.299 e. The molecule has 1 aliphatic rings. The molecule has 0 aliphatic heterocycles. The summed E-state index contributed by atoms with van der Waals surface area (Å²) in [7, 11) is 0. The zero-order valence-electron chi connectivity index (χ0n) is 12.7. The van der Waals surface area contributed by atoms with E-state index >= 15 is 0 Å². The van der Waals surface area contributed by atoms with Gasteiger partial charge in [-0.05, 0) is 29.2 Å². The molecule has 1 fully saturated rings. The summed E-state index contributed by atoms with van der Waals surface area (Å²) in [6, 6.07) is 14.8. The van der Waals surface area contributed by atoms with E-state index in [0.717, 1.165) is 12.8 Å². The van der Waals surface area contributed by atoms with Gasteiger partial charge >= 0.3 is 0 Å². The van der Waals surface area contributed by atoms with Crippen LogP contribution in [0.5, 0.6) is 0 Å². The Bertz CT molecular complexity index is 606. The Balaban J connectivity index is 1.69. The largest absolute Gasteiger partial charge is 0.299 e. The van der Waals surface area contributed by atoms with Crippen molar-refractivity contribution in [3.63, 3.8) is 0 Å². The molecule has 1 nitrogen and oxygen atoms in total. The Morgan fingerprint density at radius 3 is 2.29 bits per heavy atom. The molecule has 110 valence electrons. The number of carbonyl (C=O) groups is 1. The summed E-state index contributed by atoms with van der Waals surface area (Å²) in [5, 5.41) is 2.49. The monoisotopic (exact) mass is 280 g/mol. The van der Waals surface area contributed by atoms with E-state index in [0.29, 0.717) is 18.1 Å². The predicted molar refractivity (Wildman–Crippen MR) is 88.5 cm³/mol. The highest BCUT2D eigenvalue weighted by molar-refractivity contribution is 5.87. The van der Waals surface area contributed by atoms with Crippen molar-refractivity contribution in [2.75, 3.05) is 0 Å². The molecule has 1 aliphatic carbocycles. The maximum Gasteiger partial charge on any atom is 0.140 e. The maximum absolute atomic E-state index is 12.6. The Labute approximate surface area is 127 Å². The van der Waals surface area contributed by atoms with Crippen molar-refractivity contribution >= 4 is 16.6 Å². The Hall–Kier alpha value is -1.63. The van der Waals surface area contributed by atoms with Crippen molar-refractivity contribution in [3.8, 4) is 0 Å². The van der Waals surface area contributed by atoms with Gasteiger partial charge in [0.15, 0.2) is 0 Å². The number of benzene rings is 2. The Morgan fingerprint density at radius 1 is 0.857 bits per heavy atom. The molecule has 0 saturated heterocycles. The van der Waals surface area contributed by atoms with Crippen LogP contribution in [0.15, 0.2) is 42.5 Å². The lowest BCUT2D eigenvalue weighted by Gasteiger charge is -2.18. The molecule has 0 heterocycles. The van der Waals surface area contributed by atoms with Gasteiger partial charge in [0.05, 0.1) is 0 Å². The van der Waals surface area contributed by atoms with Gasteiger partial charge in [-0.1, -0.05) is 74.6 Å². The minimum absolute atomic E-state index is 0.303. The van der Waals surface area contributed by atoms with Gasteiger partial charge in [-0.15, -0.1) is 0 Å². The molecule has 2 aromatic rings. The third kappa shape index (κ3) is 3.72. The van der Waals surface area contributed by atoms with Crippen molar-refractivity contribution in [1.29, 1.82) is 0 Å². The first kappa shape index (κ1) is 14.3. The highest BCUT2D eigenvalue weighted by atomic mass is 16.1. The lowest BCUT2D eigenvalue weighted by atomic mass is 9.86. The fourth-order valence-electron chi connectivity index (χ4n) is 3.47. The summed E-state index contributed by atoms with van der Waals surface area (Å²) in [6.45, 7) is 0. The smallest absolute Gasteiger partial charge is 0.140 e. The maximum atomic E-state index is 12.6. The quantitative estimate of drug-likeness (QED) is 0.744. The van der Waals surface area contributed by atoms with Gasteiger partial charge in [0, 0.05) is 12.3 Å². The average Bonchev–Trinajstić information content (AvgIpc) is 2.46. The highest BCUT2D eigenvalue weighted by Crippen LogP contribution is 2.25. The SMILES string of the molecule is O=C(Cc1ccc2ccccc2c1)C1CCCCCCC1. The van der Waals surface area contributed by atoms with Crippen LogP contribution < -0.4 is 0 Å². The van der Waals surface area contributed by atoms with Crippen molar-refractivity contribution in [2.24, 2.45) is 5.92 Å². The van der Waals surface area contributed by atoms with Crippen LogP contribution in [0.4, 0.5) is 0 Å². The molecule has 0 bridgehead atoms. The van der Waals surface area contributed by atoms with E-state index in [-0.39, 0.29) is 0 Å². The molecular formula is C20H24O. The fourth-order valence-corrected chi connectivity index (χ4v) is 3.47.